The molecule has 1 aromatic rings. The van der Waals surface area contributed by atoms with Crippen LogP contribution in [0.3, 0.4) is 0 Å². The van der Waals surface area contributed by atoms with E-state index >= 15 is 0 Å². The van der Waals surface area contributed by atoms with Crippen molar-refractivity contribution < 1.29 is 4.74 Å². The lowest BCUT2D eigenvalue weighted by Crippen LogP contribution is -2.63. The molecule has 0 aromatic heterocycles. The molecule has 2 fully saturated rings. The third-order valence-corrected chi connectivity index (χ3v) is 5.79. The van der Waals surface area contributed by atoms with Crippen LogP contribution >= 0.6 is 0 Å². The summed E-state index contributed by atoms with van der Waals surface area (Å²) in [5.41, 5.74) is 3.25. The molecule has 1 aromatic carbocycles. The summed E-state index contributed by atoms with van der Waals surface area (Å²) in [6.45, 7) is 7.49. The number of hydrogen-bond acceptors (Lipinski definition) is 2. The molecule has 3 unspecified atom stereocenters. The van der Waals surface area contributed by atoms with Gasteiger partial charge in [-0.3, -0.25) is 0 Å². The van der Waals surface area contributed by atoms with E-state index in [0.29, 0.717) is 23.6 Å². The zero-order chi connectivity index (χ0) is 14.9. The quantitative estimate of drug-likeness (QED) is 0.867. The Kier molecular flexibility index (Phi) is 4.37. The van der Waals surface area contributed by atoms with E-state index < -0.39 is 0 Å². The predicted octanol–water partition coefficient (Wildman–Crippen LogP) is 4.38. The first-order valence-electron chi connectivity index (χ1n) is 8.60. The number of ether oxygens (including phenoxy) is 1. The van der Waals surface area contributed by atoms with E-state index in [1.54, 1.807) is 0 Å². The van der Waals surface area contributed by atoms with Crippen molar-refractivity contribution in [3.05, 3.63) is 35.4 Å². The largest absolute Gasteiger partial charge is 0.378 e. The van der Waals surface area contributed by atoms with Gasteiger partial charge < -0.3 is 10.1 Å². The van der Waals surface area contributed by atoms with E-state index in [4.69, 9.17) is 4.74 Å². The van der Waals surface area contributed by atoms with Crippen LogP contribution in [0.4, 0.5) is 0 Å². The van der Waals surface area contributed by atoms with Crippen molar-refractivity contribution >= 4 is 0 Å². The summed E-state index contributed by atoms with van der Waals surface area (Å²) in [6.07, 6.45) is 7.11. The van der Waals surface area contributed by atoms with E-state index in [9.17, 15) is 0 Å². The van der Waals surface area contributed by atoms with Crippen molar-refractivity contribution in [3.63, 3.8) is 0 Å². The zero-order valence-electron chi connectivity index (χ0n) is 13.7. The fourth-order valence-corrected chi connectivity index (χ4v) is 4.58. The average molecular weight is 287 g/mol. The smallest absolute Gasteiger partial charge is 0.0661 e. The lowest BCUT2D eigenvalue weighted by Gasteiger charge is -2.55. The maximum atomic E-state index is 6.02. The van der Waals surface area contributed by atoms with E-state index in [1.165, 1.54) is 43.2 Å². The summed E-state index contributed by atoms with van der Waals surface area (Å²) in [5, 5.41) is 3.91. The van der Waals surface area contributed by atoms with Gasteiger partial charge in [0.25, 0.3) is 0 Å². The topological polar surface area (TPSA) is 21.3 Å². The Balaban J connectivity index is 1.69. The first kappa shape index (κ1) is 15.1. The molecular formula is C19H29NO. The minimum absolute atomic E-state index is 0.424. The highest BCUT2D eigenvalue weighted by atomic mass is 16.5. The summed E-state index contributed by atoms with van der Waals surface area (Å²) in [7, 11) is 0. The van der Waals surface area contributed by atoms with Gasteiger partial charge in [-0.05, 0) is 51.2 Å². The van der Waals surface area contributed by atoms with Gasteiger partial charge in [-0.15, -0.1) is 0 Å². The van der Waals surface area contributed by atoms with E-state index in [0.717, 1.165) is 6.61 Å². The van der Waals surface area contributed by atoms with Crippen molar-refractivity contribution in [1.82, 2.24) is 5.32 Å². The molecule has 116 valence electrons. The van der Waals surface area contributed by atoms with Gasteiger partial charge in [0, 0.05) is 24.1 Å². The van der Waals surface area contributed by atoms with Crippen LogP contribution in [-0.4, -0.2) is 18.8 Å². The molecule has 3 rings (SSSR count). The third-order valence-electron chi connectivity index (χ3n) is 5.79. The molecule has 1 N–H and O–H groups in total. The molecule has 0 radical (unpaired) electrons. The second kappa shape index (κ2) is 6.10. The van der Waals surface area contributed by atoms with Crippen molar-refractivity contribution in [2.75, 3.05) is 6.61 Å². The number of hydrogen-bond donors (Lipinski definition) is 1. The van der Waals surface area contributed by atoms with Crippen molar-refractivity contribution in [2.45, 2.75) is 71.1 Å². The predicted molar refractivity (Wildman–Crippen MR) is 87.4 cm³/mol. The summed E-state index contributed by atoms with van der Waals surface area (Å²) < 4.78 is 6.02. The summed E-state index contributed by atoms with van der Waals surface area (Å²) in [6, 6.07) is 9.80. The Morgan fingerprint density at radius 2 is 2.00 bits per heavy atom. The van der Waals surface area contributed by atoms with Gasteiger partial charge in [0.05, 0.1) is 6.10 Å². The summed E-state index contributed by atoms with van der Waals surface area (Å²) >= 11 is 0. The molecule has 0 bridgehead atoms. The van der Waals surface area contributed by atoms with Crippen molar-refractivity contribution in [1.29, 1.82) is 0 Å². The van der Waals surface area contributed by atoms with Crippen LogP contribution in [-0.2, 0) is 4.74 Å². The lowest BCUT2D eigenvalue weighted by atomic mass is 9.60. The van der Waals surface area contributed by atoms with Crippen LogP contribution in [0.5, 0.6) is 0 Å². The monoisotopic (exact) mass is 287 g/mol. The van der Waals surface area contributed by atoms with Gasteiger partial charge in [-0.2, -0.15) is 0 Å². The highest BCUT2D eigenvalue weighted by molar-refractivity contribution is 5.28. The normalized spacial score (nSPS) is 28.5. The first-order valence-corrected chi connectivity index (χ1v) is 8.60. The average Bonchev–Trinajstić information content (AvgIpc) is 2.99. The van der Waals surface area contributed by atoms with Crippen molar-refractivity contribution in [2.24, 2.45) is 5.41 Å². The van der Waals surface area contributed by atoms with Gasteiger partial charge in [0.1, 0.15) is 0 Å². The molecule has 21 heavy (non-hydrogen) atoms. The van der Waals surface area contributed by atoms with Gasteiger partial charge >= 0.3 is 0 Å². The molecule has 1 spiro atoms. The Bertz CT molecular complexity index is 478. The molecule has 0 amide bonds. The van der Waals surface area contributed by atoms with Crippen LogP contribution in [0.15, 0.2) is 24.3 Å². The highest BCUT2D eigenvalue weighted by Crippen LogP contribution is 2.55. The van der Waals surface area contributed by atoms with E-state index in [-0.39, 0.29) is 0 Å². The molecule has 2 heteroatoms. The first-order chi connectivity index (χ1) is 10.2. The van der Waals surface area contributed by atoms with E-state index in [1.807, 2.05) is 0 Å². The Morgan fingerprint density at radius 3 is 2.67 bits per heavy atom. The number of benzene rings is 1. The minimum Gasteiger partial charge on any atom is -0.378 e. The van der Waals surface area contributed by atoms with Crippen LogP contribution in [0.25, 0.3) is 0 Å². The van der Waals surface area contributed by atoms with Gasteiger partial charge in [0.2, 0.25) is 0 Å². The Hall–Kier alpha value is -0.860. The molecule has 0 aliphatic heterocycles. The molecule has 3 atom stereocenters. The minimum atomic E-state index is 0.424. The van der Waals surface area contributed by atoms with Crippen LogP contribution in [0.2, 0.25) is 0 Å². The third kappa shape index (κ3) is 2.64. The zero-order valence-corrected chi connectivity index (χ0v) is 13.7. The number of nitrogens with one attached hydrogen (secondary N) is 1. The molecular weight excluding hydrogens is 258 g/mol. The molecule has 2 aliphatic carbocycles. The number of rotatable bonds is 5. The maximum absolute atomic E-state index is 6.02. The second-order valence-electron chi connectivity index (χ2n) is 6.92. The van der Waals surface area contributed by atoms with Gasteiger partial charge in [-0.25, -0.2) is 0 Å². The Labute approximate surface area is 129 Å². The fraction of sp³-hybridized carbons (Fsp3) is 0.684. The fourth-order valence-electron chi connectivity index (χ4n) is 4.58. The SMILES string of the molecule is CCOC1CC(NC(C)c2ccccc2C)C12CCCC2. The second-order valence-corrected chi connectivity index (χ2v) is 6.92. The van der Waals surface area contributed by atoms with E-state index in [2.05, 4.69) is 50.4 Å². The Morgan fingerprint density at radius 1 is 1.29 bits per heavy atom. The number of aryl methyl sites for hydroxylation is 1. The van der Waals surface area contributed by atoms with Gasteiger partial charge in [-0.1, -0.05) is 37.1 Å². The summed E-state index contributed by atoms with van der Waals surface area (Å²) in [5.74, 6) is 0. The molecule has 2 nitrogen and oxygen atoms in total. The molecule has 0 heterocycles. The standard InChI is InChI=1S/C19H29NO/c1-4-21-18-13-17(19(18)11-7-8-12-19)20-15(3)16-10-6-5-9-14(16)2/h5-6,9-10,15,17-18,20H,4,7-8,11-13H2,1-3H3. The molecule has 2 aliphatic rings. The maximum Gasteiger partial charge on any atom is 0.0661 e. The van der Waals surface area contributed by atoms with Crippen molar-refractivity contribution in [3.8, 4) is 0 Å². The van der Waals surface area contributed by atoms with Crippen LogP contribution in [0, 0.1) is 12.3 Å². The lowest BCUT2D eigenvalue weighted by molar-refractivity contribution is -0.132. The molecule has 2 saturated carbocycles. The van der Waals surface area contributed by atoms with Crippen LogP contribution in [0.1, 0.15) is 63.1 Å². The highest BCUT2D eigenvalue weighted by Gasteiger charge is 2.56. The summed E-state index contributed by atoms with van der Waals surface area (Å²) in [4.78, 5) is 0. The molecule has 0 saturated heterocycles. The van der Waals surface area contributed by atoms with Gasteiger partial charge in [0.15, 0.2) is 0 Å². The van der Waals surface area contributed by atoms with Crippen LogP contribution < -0.4 is 5.32 Å².